The molecule has 0 atom stereocenters. The molecule has 18 heavy (non-hydrogen) atoms. The van der Waals surface area contributed by atoms with Gasteiger partial charge in [-0.3, -0.25) is 0 Å². The number of benzene rings is 2. The molecule has 0 N–H and O–H groups in total. The molecule has 0 amide bonds. The highest BCUT2D eigenvalue weighted by Gasteiger charge is 2.18. The largest absolute Gasteiger partial charge is 0.0616 e. The van der Waals surface area contributed by atoms with E-state index < -0.39 is 0 Å². The molecule has 0 aromatic heterocycles. The third kappa shape index (κ3) is 2.16. The molecular weight excluding hydrogens is 216 g/mol. The molecule has 1 saturated carbocycles. The lowest BCUT2D eigenvalue weighted by molar-refractivity contribution is 0.723. The maximum absolute atomic E-state index is 4.01. The van der Waals surface area contributed by atoms with E-state index >= 15 is 0 Å². The highest BCUT2D eigenvalue weighted by molar-refractivity contribution is 5.86. The van der Waals surface area contributed by atoms with Crippen LogP contribution in [0.3, 0.4) is 0 Å². The maximum atomic E-state index is 4.01. The second kappa shape index (κ2) is 5.14. The first kappa shape index (κ1) is 11.8. The number of hydrogen-bond donors (Lipinski definition) is 0. The molecule has 0 saturated heterocycles. The van der Waals surface area contributed by atoms with Crippen molar-refractivity contribution in [2.45, 2.75) is 44.4 Å². The summed E-state index contributed by atoms with van der Waals surface area (Å²) >= 11 is 0. The quantitative estimate of drug-likeness (QED) is 0.682. The fourth-order valence-electron chi connectivity index (χ4n) is 3.31. The molecule has 0 heterocycles. The third-order valence-corrected chi connectivity index (χ3v) is 4.24. The monoisotopic (exact) mass is 237 g/mol. The molecule has 0 spiro atoms. The van der Waals surface area contributed by atoms with Crippen molar-refractivity contribution in [3.05, 3.63) is 54.4 Å². The van der Waals surface area contributed by atoms with Gasteiger partial charge >= 0.3 is 0 Å². The van der Waals surface area contributed by atoms with E-state index in [1.807, 2.05) is 0 Å². The van der Waals surface area contributed by atoms with Crippen LogP contribution in [0.1, 0.15) is 49.1 Å². The molecule has 3 rings (SSSR count). The number of hydrogen-bond acceptors (Lipinski definition) is 0. The summed E-state index contributed by atoms with van der Waals surface area (Å²) in [6, 6.07) is 13.7. The topological polar surface area (TPSA) is 0 Å². The van der Waals surface area contributed by atoms with Crippen LogP contribution in [0.2, 0.25) is 0 Å². The van der Waals surface area contributed by atoms with E-state index in [-0.39, 0.29) is 0 Å². The molecule has 0 bridgehead atoms. The van der Waals surface area contributed by atoms with Gasteiger partial charge in [-0.25, -0.2) is 0 Å². The normalized spacial score (nSPS) is 16.5. The SMILES string of the molecule is [CH2]CCc1cc(C2CCCC2)cc2ccccc12. The van der Waals surface area contributed by atoms with Crippen molar-refractivity contribution < 1.29 is 0 Å². The number of aryl methyl sites for hydroxylation is 1. The lowest BCUT2D eigenvalue weighted by Crippen LogP contribution is -1.96. The Bertz CT molecular complexity index is 533. The molecule has 93 valence electrons. The molecule has 0 nitrogen and oxygen atoms in total. The average molecular weight is 237 g/mol. The van der Waals surface area contributed by atoms with Crippen LogP contribution >= 0.6 is 0 Å². The zero-order chi connectivity index (χ0) is 12.4. The predicted octanol–water partition coefficient (Wildman–Crippen LogP) is 5.26. The van der Waals surface area contributed by atoms with Crippen molar-refractivity contribution >= 4 is 10.8 Å². The Labute approximate surface area is 110 Å². The minimum absolute atomic E-state index is 0.804. The number of fused-ring (bicyclic) bond motifs is 1. The van der Waals surface area contributed by atoms with Gasteiger partial charge in [-0.15, -0.1) is 0 Å². The standard InChI is InChI=1S/C18H21/c1-2-7-15-12-17(14-8-3-4-9-14)13-16-10-5-6-11-18(15)16/h5-6,10-14H,1-4,7-9H2. The maximum Gasteiger partial charge on any atom is -0.0152 e. The lowest BCUT2D eigenvalue weighted by atomic mass is 9.91. The first-order valence-corrected chi connectivity index (χ1v) is 7.19. The summed E-state index contributed by atoms with van der Waals surface area (Å²) < 4.78 is 0. The Morgan fingerprint density at radius 3 is 2.61 bits per heavy atom. The van der Waals surface area contributed by atoms with Gasteiger partial charge in [-0.1, -0.05) is 56.2 Å². The summed E-state index contributed by atoms with van der Waals surface area (Å²) in [6.07, 6.45) is 7.65. The zero-order valence-corrected chi connectivity index (χ0v) is 11.0. The van der Waals surface area contributed by atoms with Crippen molar-refractivity contribution in [1.82, 2.24) is 0 Å². The third-order valence-electron chi connectivity index (χ3n) is 4.24. The fraction of sp³-hybridized carbons (Fsp3) is 0.389. The summed E-state index contributed by atoms with van der Waals surface area (Å²) in [5.74, 6) is 0.804. The van der Waals surface area contributed by atoms with Crippen LogP contribution in [-0.2, 0) is 6.42 Å². The van der Waals surface area contributed by atoms with Crippen molar-refractivity contribution in [2.75, 3.05) is 0 Å². The predicted molar refractivity (Wildman–Crippen MR) is 78.8 cm³/mol. The lowest BCUT2D eigenvalue weighted by Gasteiger charge is -2.14. The first-order valence-electron chi connectivity index (χ1n) is 7.19. The van der Waals surface area contributed by atoms with E-state index in [0.717, 1.165) is 18.8 Å². The highest BCUT2D eigenvalue weighted by atomic mass is 14.2. The Morgan fingerprint density at radius 2 is 1.83 bits per heavy atom. The fourth-order valence-corrected chi connectivity index (χ4v) is 3.31. The Hall–Kier alpha value is -1.30. The van der Waals surface area contributed by atoms with Gasteiger partial charge in [0.15, 0.2) is 0 Å². The molecule has 1 radical (unpaired) electrons. The molecular formula is C18H21. The summed E-state index contributed by atoms with van der Waals surface area (Å²) in [7, 11) is 0. The van der Waals surface area contributed by atoms with E-state index in [1.54, 1.807) is 5.56 Å². The van der Waals surface area contributed by atoms with Gasteiger partial charge in [-0.2, -0.15) is 0 Å². The summed E-state index contributed by atoms with van der Waals surface area (Å²) in [5.41, 5.74) is 3.06. The van der Waals surface area contributed by atoms with Crippen LogP contribution in [0.15, 0.2) is 36.4 Å². The highest BCUT2D eigenvalue weighted by Crippen LogP contribution is 2.36. The Balaban J connectivity index is 2.10. The molecule has 1 aliphatic carbocycles. The van der Waals surface area contributed by atoms with Gasteiger partial charge in [0.25, 0.3) is 0 Å². The van der Waals surface area contributed by atoms with Crippen molar-refractivity contribution in [2.24, 2.45) is 0 Å². The van der Waals surface area contributed by atoms with Gasteiger partial charge in [0.1, 0.15) is 0 Å². The Kier molecular flexibility index (Phi) is 3.36. The number of rotatable bonds is 3. The molecule has 0 unspecified atom stereocenters. The van der Waals surface area contributed by atoms with Crippen molar-refractivity contribution in [3.8, 4) is 0 Å². The molecule has 2 aromatic carbocycles. The van der Waals surface area contributed by atoms with Crippen LogP contribution in [0, 0.1) is 6.92 Å². The average Bonchev–Trinajstić information content (AvgIpc) is 2.93. The second-order valence-corrected chi connectivity index (χ2v) is 5.49. The van der Waals surface area contributed by atoms with Crippen LogP contribution in [0.4, 0.5) is 0 Å². The van der Waals surface area contributed by atoms with E-state index in [0.29, 0.717) is 0 Å². The van der Waals surface area contributed by atoms with Crippen LogP contribution < -0.4 is 0 Å². The summed E-state index contributed by atoms with van der Waals surface area (Å²) in [6.45, 7) is 4.01. The van der Waals surface area contributed by atoms with Gasteiger partial charge in [0, 0.05) is 0 Å². The molecule has 2 aromatic rings. The zero-order valence-electron chi connectivity index (χ0n) is 11.0. The Morgan fingerprint density at radius 1 is 1.06 bits per heavy atom. The minimum Gasteiger partial charge on any atom is -0.0616 e. The first-order chi connectivity index (χ1) is 8.88. The molecule has 1 aliphatic rings. The van der Waals surface area contributed by atoms with E-state index in [4.69, 9.17) is 0 Å². The molecule has 0 heteroatoms. The van der Waals surface area contributed by atoms with Crippen LogP contribution in [0.5, 0.6) is 0 Å². The van der Waals surface area contributed by atoms with Crippen LogP contribution in [0.25, 0.3) is 10.8 Å². The van der Waals surface area contributed by atoms with E-state index in [9.17, 15) is 0 Å². The summed E-state index contributed by atoms with van der Waals surface area (Å²) in [4.78, 5) is 0. The molecule has 1 fully saturated rings. The summed E-state index contributed by atoms with van der Waals surface area (Å²) in [5, 5.41) is 2.83. The van der Waals surface area contributed by atoms with E-state index in [1.165, 1.54) is 42.0 Å². The minimum atomic E-state index is 0.804. The van der Waals surface area contributed by atoms with E-state index in [2.05, 4.69) is 43.3 Å². The van der Waals surface area contributed by atoms with Crippen molar-refractivity contribution in [1.29, 1.82) is 0 Å². The van der Waals surface area contributed by atoms with Crippen LogP contribution in [-0.4, -0.2) is 0 Å². The molecule has 0 aliphatic heterocycles. The van der Waals surface area contributed by atoms with Gasteiger partial charge < -0.3 is 0 Å². The smallest absolute Gasteiger partial charge is 0.0152 e. The van der Waals surface area contributed by atoms with Gasteiger partial charge in [0.05, 0.1) is 0 Å². The van der Waals surface area contributed by atoms with Gasteiger partial charge in [0.2, 0.25) is 0 Å². The second-order valence-electron chi connectivity index (χ2n) is 5.49. The van der Waals surface area contributed by atoms with Crippen molar-refractivity contribution in [3.63, 3.8) is 0 Å². The van der Waals surface area contributed by atoms with Gasteiger partial charge in [-0.05, 0) is 53.5 Å².